The van der Waals surface area contributed by atoms with Crippen molar-refractivity contribution in [1.82, 2.24) is 9.88 Å². The monoisotopic (exact) mass is 915 g/mol. The fourth-order valence-corrected chi connectivity index (χ4v) is 13.0. The number of aromatic nitrogens is 1. The molecule has 6 aliphatic rings. The molecule has 6 bridgehead atoms. The number of benzene rings is 4. The highest BCUT2D eigenvalue weighted by Gasteiger charge is 2.55. The van der Waals surface area contributed by atoms with Crippen molar-refractivity contribution in [2.75, 3.05) is 19.8 Å². The summed E-state index contributed by atoms with van der Waals surface area (Å²) in [5, 5.41) is 49.1. The lowest BCUT2D eigenvalue weighted by Crippen LogP contribution is -2.51. The van der Waals surface area contributed by atoms with E-state index in [9.17, 15) is 20.4 Å². The minimum absolute atomic E-state index is 0.0279. The number of hydrogen-bond donors (Lipinski definition) is 6. The van der Waals surface area contributed by atoms with Crippen LogP contribution in [0.4, 0.5) is 0 Å². The number of phenols is 2. The van der Waals surface area contributed by atoms with Crippen LogP contribution in [0.15, 0.2) is 102 Å². The summed E-state index contributed by atoms with van der Waals surface area (Å²) in [5.74, 6) is 9.09. The molecule has 1 aromatic heterocycles. The first-order chi connectivity index (χ1) is 33.2. The number of hydrogen-bond acceptors (Lipinski definition) is 9. The molecular weight excluding hydrogens is 851 g/mol. The molecular formula is C58H65N3O7. The summed E-state index contributed by atoms with van der Waals surface area (Å²) in [6, 6.07) is 24.9. The number of rotatable bonds is 5. The topological polar surface area (TPSA) is 152 Å². The van der Waals surface area contributed by atoms with E-state index in [1.54, 1.807) is 18.2 Å². The predicted octanol–water partition coefficient (Wildman–Crippen LogP) is 9.16. The van der Waals surface area contributed by atoms with Gasteiger partial charge in [-0.3, -0.25) is 0 Å². The van der Waals surface area contributed by atoms with Crippen molar-refractivity contribution in [3.8, 4) is 29.1 Å². The van der Waals surface area contributed by atoms with E-state index in [1.807, 2.05) is 24.3 Å². The Kier molecular flexibility index (Phi) is 12.4. The number of fused-ring (bicyclic) bond motifs is 10. The predicted molar refractivity (Wildman–Crippen MR) is 264 cm³/mol. The van der Waals surface area contributed by atoms with Crippen LogP contribution in [0, 0.1) is 23.7 Å². The van der Waals surface area contributed by atoms with Crippen LogP contribution in [0.25, 0.3) is 16.6 Å². The Labute approximate surface area is 399 Å². The smallest absolute Gasteiger partial charge is 0.161 e. The van der Waals surface area contributed by atoms with Crippen molar-refractivity contribution < 1.29 is 34.6 Å². The van der Waals surface area contributed by atoms with Crippen molar-refractivity contribution in [2.24, 2.45) is 17.6 Å². The van der Waals surface area contributed by atoms with Crippen molar-refractivity contribution in [3.63, 3.8) is 0 Å². The summed E-state index contributed by atoms with van der Waals surface area (Å²) in [7, 11) is 0. The molecule has 2 aliphatic carbocycles. The first-order valence-corrected chi connectivity index (χ1v) is 25.2. The second kappa shape index (κ2) is 18.8. The first-order valence-electron chi connectivity index (χ1n) is 25.2. The highest BCUT2D eigenvalue weighted by Crippen LogP contribution is 2.60. The maximum atomic E-state index is 11.7. The van der Waals surface area contributed by atoms with Crippen molar-refractivity contribution >= 4 is 16.6 Å². The molecule has 11 rings (SSSR count). The molecule has 1 saturated carbocycles. The van der Waals surface area contributed by atoms with E-state index >= 15 is 0 Å². The summed E-state index contributed by atoms with van der Waals surface area (Å²) in [5.41, 5.74) is 16.3. The van der Waals surface area contributed by atoms with Gasteiger partial charge in [-0.15, -0.1) is 0 Å². The molecule has 354 valence electrons. The van der Waals surface area contributed by atoms with Gasteiger partial charge in [0.25, 0.3) is 0 Å². The maximum absolute atomic E-state index is 11.7. The zero-order valence-corrected chi connectivity index (χ0v) is 39.0. The number of aryl methyl sites for hydroxylation is 2. The van der Waals surface area contributed by atoms with Gasteiger partial charge >= 0.3 is 0 Å². The Morgan fingerprint density at radius 2 is 1.72 bits per heavy atom. The molecule has 6 atom stereocenters. The van der Waals surface area contributed by atoms with Gasteiger partial charge in [0, 0.05) is 52.3 Å². The quantitative estimate of drug-likeness (QED) is 0.0949. The third-order valence-electron chi connectivity index (χ3n) is 16.5. The molecule has 4 aliphatic heterocycles. The summed E-state index contributed by atoms with van der Waals surface area (Å²) >= 11 is 0. The van der Waals surface area contributed by atoms with Gasteiger partial charge in [-0.2, -0.15) is 0 Å². The molecule has 5 heterocycles. The van der Waals surface area contributed by atoms with Crippen LogP contribution < -0.4 is 15.8 Å². The molecule has 68 heavy (non-hydrogen) atoms. The number of aliphatic hydroxyl groups is 2. The molecule has 1 spiro atoms. The second-order valence-corrected chi connectivity index (χ2v) is 20.6. The van der Waals surface area contributed by atoms with E-state index < -0.39 is 12.3 Å². The minimum atomic E-state index is -0.666. The fourth-order valence-electron chi connectivity index (χ4n) is 13.0. The molecule has 10 heteroatoms. The summed E-state index contributed by atoms with van der Waals surface area (Å²) in [6.07, 6.45) is 17.5. The third-order valence-corrected chi connectivity index (χ3v) is 16.5. The zero-order chi connectivity index (χ0) is 46.4. The number of nitrogens with two attached hydrogens (primary N) is 1. The second-order valence-electron chi connectivity index (χ2n) is 20.6. The Bertz CT molecular complexity index is 2810. The van der Waals surface area contributed by atoms with Gasteiger partial charge in [0.05, 0.1) is 38.2 Å². The fraction of sp³-hybridized carbons (Fsp3) is 0.448. The normalized spacial score (nSPS) is 26.9. The van der Waals surface area contributed by atoms with Crippen molar-refractivity contribution in [1.29, 1.82) is 0 Å². The van der Waals surface area contributed by atoms with Crippen LogP contribution in [0.1, 0.15) is 116 Å². The van der Waals surface area contributed by atoms with Gasteiger partial charge < -0.3 is 50.3 Å². The number of nitrogens with zero attached hydrogens (tertiary/aromatic N) is 1. The summed E-state index contributed by atoms with van der Waals surface area (Å²) < 4.78 is 22.1. The van der Waals surface area contributed by atoms with Crippen LogP contribution in [0.2, 0.25) is 0 Å². The lowest BCUT2D eigenvalue weighted by Gasteiger charge is -2.54. The van der Waals surface area contributed by atoms with E-state index in [-0.39, 0.29) is 54.2 Å². The molecule has 7 N–H and O–H groups in total. The Balaban J connectivity index is 1.07. The Morgan fingerprint density at radius 3 is 2.56 bits per heavy atom. The molecule has 0 radical (unpaired) electrons. The molecule has 4 aromatic carbocycles. The first kappa shape index (κ1) is 44.9. The number of ether oxygens (including phenoxy) is 3. The SMILES string of the molecule is NC1C=C2C#CC(CCc3ccc(O)cc3)CCCC3CC(O)CCc4cc(c(O)cc4CO)OCc4cc(C56CCOCC5CC5(CCCC5)c5ccccc56)cc5cn(cc45)C(=C2CO3)N1. The van der Waals surface area contributed by atoms with E-state index in [1.165, 1.54) is 42.4 Å². The van der Waals surface area contributed by atoms with Gasteiger partial charge in [-0.1, -0.05) is 67.1 Å². The molecule has 1 saturated heterocycles. The molecule has 6 unspecified atom stereocenters. The zero-order valence-electron chi connectivity index (χ0n) is 39.0. The van der Waals surface area contributed by atoms with Crippen LogP contribution in [-0.2, 0) is 46.4 Å². The van der Waals surface area contributed by atoms with Gasteiger partial charge in [-0.25, -0.2) is 0 Å². The minimum Gasteiger partial charge on any atom is -0.508 e. The van der Waals surface area contributed by atoms with Crippen LogP contribution in [-0.4, -0.2) is 63.2 Å². The molecule has 0 amide bonds. The number of nitrogens with one attached hydrogen (secondary N) is 1. The van der Waals surface area contributed by atoms with Gasteiger partial charge in [0.1, 0.15) is 18.2 Å². The average Bonchev–Trinajstić information content (AvgIpc) is 4.00. The van der Waals surface area contributed by atoms with Crippen LogP contribution >= 0.6 is 0 Å². The summed E-state index contributed by atoms with van der Waals surface area (Å²) in [4.78, 5) is 0. The lowest BCUT2D eigenvalue weighted by molar-refractivity contribution is -0.00873. The van der Waals surface area contributed by atoms with Crippen molar-refractivity contribution in [2.45, 2.75) is 132 Å². The standard InChI is InChI=1S/C58H65N3O7/c59-55-28-40-15-12-37(10-11-38-13-17-46(63)18-14-38)6-5-7-48-29-47(64)19-16-39-27-54(53(65)26-42(39)33-62)68-34-43-25-44(24-41-31-61(32-49(41)43)56(60-55)50(40)36-67-48)58-22-23-66-35-45(58)30-57(20-3-4-21-57)51-8-1-2-9-52(51)58/h1-2,8-9,13-14,17-18,24-28,31-32,37,45,47-48,55,60,62-65H,3-7,10-11,16,19-23,29-30,33-36,59H2. The highest BCUT2D eigenvalue weighted by atomic mass is 16.5. The number of aromatic hydroxyl groups is 2. The van der Waals surface area contributed by atoms with E-state index in [4.69, 9.17) is 19.9 Å². The van der Waals surface area contributed by atoms with E-state index in [0.717, 1.165) is 96.0 Å². The van der Waals surface area contributed by atoms with Crippen LogP contribution in [0.3, 0.4) is 0 Å². The van der Waals surface area contributed by atoms with Gasteiger partial charge in [-0.05, 0) is 164 Å². The Hall–Kier alpha value is -5.54. The summed E-state index contributed by atoms with van der Waals surface area (Å²) in [6.45, 7) is 1.63. The number of phenolic OH excluding ortho intramolecular Hbond substituents is 2. The number of aliphatic hydroxyl groups excluding tert-OH is 2. The lowest BCUT2D eigenvalue weighted by atomic mass is 9.51. The third kappa shape index (κ3) is 8.51. The molecule has 10 nitrogen and oxygen atoms in total. The van der Waals surface area contributed by atoms with Crippen molar-refractivity contribution in [3.05, 3.63) is 141 Å². The number of dihydropyridines is 1. The van der Waals surface area contributed by atoms with E-state index in [0.29, 0.717) is 43.1 Å². The Morgan fingerprint density at radius 1 is 0.882 bits per heavy atom. The molecule has 5 aromatic rings. The average molecular weight is 916 g/mol. The maximum Gasteiger partial charge on any atom is 0.161 e. The van der Waals surface area contributed by atoms with E-state index in [2.05, 4.69) is 70.5 Å². The highest BCUT2D eigenvalue weighted by molar-refractivity contribution is 5.88. The van der Waals surface area contributed by atoms with Gasteiger partial charge in [0.2, 0.25) is 0 Å². The molecule has 2 fully saturated rings. The van der Waals surface area contributed by atoms with Gasteiger partial charge in [0.15, 0.2) is 11.5 Å². The largest absolute Gasteiger partial charge is 0.508 e. The van der Waals surface area contributed by atoms with Crippen LogP contribution in [0.5, 0.6) is 17.2 Å².